The van der Waals surface area contributed by atoms with Crippen LogP contribution in [0, 0.1) is 5.92 Å². The topological polar surface area (TPSA) is 77.8 Å². The Morgan fingerprint density at radius 1 is 0.816 bits per heavy atom. The molecule has 1 aliphatic heterocycles. The van der Waals surface area contributed by atoms with Crippen LogP contribution in [0.25, 0.3) is 0 Å². The molecule has 1 saturated heterocycles. The normalized spacial score (nSPS) is 15.3. The number of hydrogen-bond acceptors (Lipinski definition) is 4. The highest BCUT2D eigenvalue weighted by Gasteiger charge is 2.41. The molecule has 2 N–H and O–H groups in total. The van der Waals surface area contributed by atoms with Gasteiger partial charge < -0.3 is 15.1 Å². The van der Waals surface area contributed by atoms with E-state index in [0.717, 1.165) is 61.2 Å². The summed E-state index contributed by atoms with van der Waals surface area (Å²) < 4.78 is 0. The second-order valence-corrected chi connectivity index (χ2v) is 11.1. The summed E-state index contributed by atoms with van der Waals surface area (Å²) >= 11 is 0. The number of benzene rings is 3. The van der Waals surface area contributed by atoms with Gasteiger partial charge in [0.15, 0.2) is 0 Å². The van der Waals surface area contributed by atoms with Gasteiger partial charge in [-0.3, -0.25) is 9.59 Å². The summed E-state index contributed by atoms with van der Waals surface area (Å²) in [4.78, 5) is 26.5. The number of aliphatic hydroxyl groups is 1. The number of rotatable bonds is 11. The van der Waals surface area contributed by atoms with Crippen molar-refractivity contribution < 1.29 is 19.8 Å². The molecule has 5 nitrogen and oxygen atoms in total. The lowest BCUT2D eigenvalue weighted by Gasteiger charge is -2.42. The fourth-order valence-electron chi connectivity index (χ4n) is 5.58. The molecule has 3 aromatic carbocycles. The van der Waals surface area contributed by atoms with Crippen molar-refractivity contribution in [2.75, 3.05) is 19.6 Å². The van der Waals surface area contributed by atoms with E-state index in [9.17, 15) is 19.8 Å². The van der Waals surface area contributed by atoms with Crippen molar-refractivity contribution in [1.82, 2.24) is 4.90 Å². The Morgan fingerprint density at radius 2 is 1.34 bits per heavy atom. The summed E-state index contributed by atoms with van der Waals surface area (Å²) in [6.07, 6.45) is 3.51. The Kier molecular flexibility index (Phi) is 8.80. The Morgan fingerprint density at radius 3 is 1.84 bits per heavy atom. The van der Waals surface area contributed by atoms with Crippen LogP contribution in [-0.4, -0.2) is 46.5 Å². The predicted octanol–water partition coefficient (Wildman–Crippen LogP) is 5.59. The smallest absolute Gasteiger partial charge is 0.313 e. The Bertz CT molecular complexity index is 1160. The van der Waals surface area contributed by atoms with Gasteiger partial charge in [0.2, 0.25) is 0 Å². The minimum absolute atomic E-state index is 0.124. The molecule has 0 radical (unpaired) electrons. The van der Waals surface area contributed by atoms with Crippen LogP contribution in [-0.2, 0) is 27.0 Å². The fraction of sp³-hybridized carbons (Fsp3) is 0.394. The number of aliphatic carboxylic acids is 1. The minimum Gasteiger partial charge on any atom is -0.481 e. The molecule has 0 saturated carbocycles. The molecule has 5 heteroatoms. The first-order valence-electron chi connectivity index (χ1n) is 13.6. The van der Waals surface area contributed by atoms with E-state index in [0.29, 0.717) is 12.8 Å². The van der Waals surface area contributed by atoms with Crippen LogP contribution in [0.5, 0.6) is 0 Å². The van der Waals surface area contributed by atoms with Crippen LogP contribution >= 0.6 is 0 Å². The number of likely N-dealkylation sites (tertiary alicyclic amines) is 1. The SMILES string of the molecule is CC(C)(C(=O)O)c1ccc(CC(=O)CCCN2CCC(C(O)(c3ccccc3)c3ccccc3)CC2)cc1. The minimum atomic E-state index is -1.01. The first-order valence-corrected chi connectivity index (χ1v) is 13.6. The molecule has 0 aromatic heterocycles. The second kappa shape index (κ2) is 12.1. The lowest BCUT2D eigenvalue weighted by atomic mass is 9.72. The van der Waals surface area contributed by atoms with E-state index < -0.39 is 17.0 Å². The summed E-state index contributed by atoms with van der Waals surface area (Å²) in [6.45, 7) is 6.05. The first-order chi connectivity index (χ1) is 18.2. The second-order valence-electron chi connectivity index (χ2n) is 11.1. The van der Waals surface area contributed by atoms with E-state index in [-0.39, 0.29) is 11.7 Å². The Hall–Kier alpha value is -3.28. The van der Waals surface area contributed by atoms with Crippen LogP contribution in [0.2, 0.25) is 0 Å². The molecule has 0 amide bonds. The van der Waals surface area contributed by atoms with Gasteiger partial charge in [0.25, 0.3) is 0 Å². The average Bonchev–Trinajstić information content (AvgIpc) is 2.94. The fourth-order valence-corrected chi connectivity index (χ4v) is 5.58. The summed E-state index contributed by atoms with van der Waals surface area (Å²) in [5.74, 6) is -0.540. The summed E-state index contributed by atoms with van der Waals surface area (Å²) in [5, 5.41) is 21.5. The van der Waals surface area contributed by atoms with E-state index in [1.165, 1.54) is 0 Å². The highest BCUT2D eigenvalue weighted by atomic mass is 16.4. The lowest BCUT2D eigenvalue weighted by molar-refractivity contribution is -0.142. The van der Waals surface area contributed by atoms with Gasteiger partial charge in [-0.05, 0) is 80.9 Å². The van der Waals surface area contributed by atoms with Gasteiger partial charge in [0.1, 0.15) is 11.4 Å². The van der Waals surface area contributed by atoms with Crippen molar-refractivity contribution in [1.29, 1.82) is 0 Å². The number of Topliss-reactive ketones (excluding diaryl/α,β-unsaturated/α-hetero) is 1. The molecule has 0 atom stereocenters. The molecule has 0 unspecified atom stereocenters. The monoisotopic (exact) mass is 513 g/mol. The van der Waals surface area contributed by atoms with E-state index in [1.54, 1.807) is 13.8 Å². The summed E-state index contributed by atoms with van der Waals surface area (Å²) in [5.41, 5.74) is 1.57. The number of hydrogen-bond donors (Lipinski definition) is 2. The molecule has 1 fully saturated rings. The number of nitrogens with zero attached hydrogens (tertiary/aromatic N) is 1. The molecule has 0 bridgehead atoms. The standard InChI is InChI=1S/C33H39NO4/c1-32(2,31(36)37)26-17-15-25(16-18-26)24-30(35)14-9-21-34-22-19-29(20-23-34)33(38,27-10-5-3-6-11-27)28-12-7-4-8-13-28/h3-8,10-13,15-18,29,38H,9,14,19-24H2,1-2H3,(H,36,37). The number of ketones is 1. The van der Waals surface area contributed by atoms with Crippen LogP contribution in [0.1, 0.15) is 61.8 Å². The third-order valence-corrected chi connectivity index (χ3v) is 8.15. The van der Waals surface area contributed by atoms with Crippen molar-refractivity contribution in [3.05, 3.63) is 107 Å². The van der Waals surface area contributed by atoms with Crippen molar-refractivity contribution in [2.45, 2.75) is 57.0 Å². The Labute approximate surface area is 226 Å². The van der Waals surface area contributed by atoms with Gasteiger partial charge in [-0.15, -0.1) is 0 Å². The highest BCUT2D eigenvalue weighted by molar-refractivity contribution is 5.81. The molecular formula is C33H39NO4. The number of carboxylic acids is 1. The predicted molar refractivity (Wildman–Crippen MR) is 150 cm³/mol. The number of carboxylic acid groups (broad SMARTS) is 1. The molecule has 0 spiro atoms. The molecule has 200 valence electrons. The average molecular weight is 514 g/mol. The third kappa shape index (κ3) is 6.23. The zero-order valence-electron chi connectivity index (χ0n) is 22.5. The van der Waals surface area contributed by atoms with Gasteiger partial charge in [0.05, 0.1) is 5.41 Å². The zero-order chi connectivity index (χ0) is 27.2. The van der Waals surface area contributed by atoms with E-state index in [1.807, 2.05) is 84.9 Å². The lowest BCUT2D eigenvalue weighted by Crippen LogP contribution is -2.44. The van der Waals surface area contributed by atoms with Crippen molar-refractivity contribution in [2.24, 2.45) is 5.92 Å². The number of piperidine rings is 1. The molecule has 38 heavy (non-hydrogen) atoms. The Balaban J connectivity index is 1.27. The highest BCUT2D eigenvalue weighted by Crippen LogP contribution is 2.41. The first kappa shape index (κ1) is 27.7. The molecule has 0 aliphatic carbocycles. The third-order valence-electron chi connectivity index (χ3n) is 8.15. The van der Waals surface area contributed by atoms with Crippen LogP contribution in [0.3, 0.4) is 0 Å². The van der Waals surface area contributed by atoms with Crippen molar-refractivity contribution in [3.8, 4) is 0 Å². The number of carbonyl (C=O) groups is 2. The van der Waals surface area contributed by atoms with Crippen LogP contribution < -0.4 is 0 Å². The summed E-state index contributed by atoms with van der Waals surface area (Å²) in [7, 11) is 0. The van der Waals surface area contributed by atoms with Crippen molar-refractivity contribution in [3.63, 3.8) is 0 Å². The number of carbonyl (C=O) groups excluding carboxylic acids is 1. The van der Waals surface area contributed by atoms with Gasteiger partial charge in [-0.2, -0.15) is 0 Å². The zero-order valence-corrected chi connectivity index (χ0v) is 22.5. The van der Waals surface area contributed by atoms with Gasteiger partial charge in [-0.25, -0.2) is 0 Å². The summed E-state index contributed by atoms with van der Waals surface area (Å²) in [6, 6.07) is 27.3. The molecule has 3 aromatic rings. The molecular weight excluding hydrogens is 474 g/mol. The largest absolute Gasteiger partial charge is 0.481 e. The van der Waals surface area contributed by atoms with E-state index in [4.69, 9.17) is 0 Å². The van der Waals surface area contributed by atoms with Crippen LogP contribution in [0.15, 0.2) is 84.9 Å². The van der Waals surface area contributed by atoms with E-state index in [2.05, 4.69) is 4.90 Å². The quantitative estimate of drug-likeness (QED) is 0.350. The maximum absolute atomic E-state index is 12.6. The van der Waals surface area contributed by atoms with E-state index >= 15 is 0 Å². The van der Waals surface area contributed by atoms with Crippen molar-refractivity contribution >= 4 is 11.8 Å². The maximum atomic E-state index is 12.6. The molecule has 4 rings (SSSR count). The van der Waals surface area contributed by atoms with Gasteiger partial charge in [0, 0.05) is 12.8 Å². The molecule has 1 heterocycles. The van der Waals surface area contributed by atoms with Crippen LogP contribution in [0.4, 0.5) is 0 Å². The molecule has 1 aliphatic rings. The van der Waals surface area contributed by atoms with Gasteiger partial charge in [-0.1, -0.05) is 84.9 Å². The maximum Gasteiger partial charge on any atom is 0.313 e. The van der Waals surface area contributed by atoms with Gasteiger partial charge >= 0.3 is 5.97 Å².